The van der Waals surface area contributed by atoms with E-state index in [4.69, 9.17) is 17.3 Å². The number of amides is 1. The Balaban J connectivity index is 2.31. The molecule has 3 nitrogen and oxygen atoms in total. The van der Waals surface area contributed by atoms with Crippen LogP contribution in [0.2, 0.25) is 5.02 Å². The molecule has 0 unspecified atom stereocenters. The van der Waals surface area contributed by atoms with E-state index in [-0.39, 0.29) is 5.91 Å². The Morgan fingerprint density at radius 3 is 2.37 bits per heavy atom. The molecule has 2 aromatic carbocycles. The number of halogens is 1. The first-order valence-electron chi connectivity index (χ1n) is 5.91. The summed E-state index contributed by atoms with van der Waals surface area (Å²) in [6, 6.07) is 10.8. The molecule has 0 aliphatic rings. The molecule has 0 aliphatic heterocycles. The number of nitrogen functional groups attached to an aromatic ring is 1. The number of hydrogen-bond acceptors (Lipinski definition) is 2. The summed E-state index contributed by atoms with van der Waals surface area (Å²) in [7, 11) is 0. The molecule has 0 fully saturated rings. The van der Waals surface area contributed by atoms with Crippen LogP contribution in [-0.4, -0.2) is 5.91 Å². The topological polar surface area (TPSA) is 55.1 Å². The fourth-order valence-electron chi connectivity index (χ4n) is 2.00. The van der Waals surface area contributed by atoms with E-state index in [9.17, 15) is 4.79 Å². The summed E-state index contributed by atoms with van der Waals surface area (Å²) >= 11 is 5.83. The molecule has 98 valence electrons. The van der Waals surface area contributed by atoms with Gasteiger partial charge in [-0.3, -0.25) is 4.79 Å². The highest BCUT2D eigenvalue weighted by molar-refractivity contribution is 6.31. The van der Waals surface area contributed by atoms with Crippen molar-refractivity contribution >= 4 is 28.9 Å². The van der Waals surface area contributed by atoms with Gasteiger partial charge in [0.25, 0.3) is 5.91 Å². The highest BCUT2D eigenvalue weighted by Crippen LogP contribution is 2.24. The zero-order valence-corrected chi connectivity index (χ0v) is 11.6. The number of carbonyl (C=O) groups excluding carboxylic acids is 1. The second-order valence-electron chi connectivity index (χ2n) is 4.45. The highest BCUT2D eigenvalue weighted by atomic mass is 35.5. The molecular weight excluding hydrogens is 260 g/mol. The van der Waals surface area contributed by atoms with Gasteiger partial charge in [-0.15, -0.1) is 0 Å². The lowest BCUT2D eigenvalue weighted by Gasteiger charge is -2.12. The first-order valence-corrected chi connectivity index (χ1v) is 6.29. The number of hydrogen-bond donors (Lipinski definition) is 2. The van der Waals surface area contributed by atoms with Crippen molar-refractivity contribution in [1.29, 1.82) is 0 Å². The van der Waals surface area contributed by atoms with Gasteiger partial charge in [0, 0.05) is 10.6 Å². The summed E-state index contributed by atoms with van der Waals surface area (Å²) in [5.74, 6) is -0.162. The minimum atomic E-state index is -0.162. The molecule has 0 aliphatic carbocycles. The molecule has 0 atom stereocenters. The molecule has 0 bridgehead atoms. The Bertz CT molecular complexity index is 618. The van der Waals surface area contributed by atoms with Gasteiger partial charge in [0.05, 0.1) is 11.4 Å². The van der Waals surface area contributed by atoms with Crippen LogP contribution in [0.15, 0.2) is 36.4 Å². The van der Waals surface area contributed by atoms with Crippen LogP contribution in [0.1, 0.15) is 21.5 Å². The van der Waals surface area contributed by atoms with E-state index in [0.29, 0.717) is 22.0 Å². The normalized spacial score (nSPS) is 10.3. The molecule has 19 heavy (non-hydrogen) atoms. The third kappa shape index (κ3) is 2.88. The third-order valence-electron chi connectivity index (χ3n) is 2.97. The van der Waals surface area contributed by atoms with Gasteiger partial charge in [-0.05, 0) is 43.2 Å². The minimum Gasteiger partial charge on any atom is -0.397 e. The number of nitrogens with one attached hydrogen (secondary N) is 1. The summed E-state index contributed by atoms with van der Waals surface area (Å²) in [4.78, 5) is 12.3. The Kier molecular flexibility index (Phi) is 3.76. The fourth-order valence-corrected chi connectivity index (χ4v) is 2.19. The number of aryl methyl sites for hydroxylation is 2. The molecule has 0 saturated carbocycles. The van der Waals surface area contributed by atoms with Crippen LogP contribution in [0.3, 0.4) is 0 Å². The van der Waals surface area contributed by atoms with Crippen molar-refractivity contribution in [3.8, 4) is 0 Å². The van der Waals surface area contributed by atoms with Crippen molar-refractivity contribution in [2.45, 2.75) is 13.8 Å². The molecule has 2 rings (SSSR count). The van der Waals surface area contributed by atoms with Gasteiger partial charge in [0.1, 0.15) is 0 Å². The quantitative estimate of drug-likeness (QED) is 0.819. The average Bonchev–Trinajstić information content (AvgIpc) is 2.32. The van der Waals surface area contributed by atoms with Crippen molar-refractivity contribution in [1.82, 2.24) is 0 Å². The van der Waals surface area contributed by atoms with Crippen LogP contribution in [0.5, 0.6) is 0 Å². The maximum atomic E-state index is 12.3. The summed E-state index contributed by atoms with van der Waals surface area (Å²) in [6.45, 7) is 3.82. The molecule has 0 radical (unpaired) electrons. The van der Waals surface area contributed by atoms with Crippen LogP contribution in [0.25, 0.3) is 0 Å². The molecule has 3 N–H and O–H groups in total. The minimum absolute atomic E-state index is 0.162. The number of benzene rings is 2. The van der Waals surface area contributed by atoms with Crippen molar-refractivity contribution in [2.24, 2.45) is 0 Å². The fraction of sp³-hybridized carbons (Fsp3) is 0.133. The monoisotopic (exact) mass is 274 g/mol. The van der Waals surface area contributed by atoms with Crippen molar-refractivity contribution in [2.75, 3.05) is 11.1 Å². The standard InChI is InChI=1S/C15H15ClN2O/c1-9-4-3-5-10(2)14(9)15(19)18-13-7-6-11(16)8-12(13)17/h3-8H,17H2,1-2H3,(H,18,19). The second kappa shape index (κ2) is 5.33. The first kappa shape index (κ1) is 13.4. The number of rotatable bonds is 2. The van der Waals surface area contributed by atoms with Crippen LogP contribution >= 0.6 is 11.6 Å². The average molecular weight is 275 g/mol. The predicted octanol–water partition coefficient (Wildman–Crippen LogP) is 3.79. The van der Waals surface area contributed by atoms with Crippen LogP contribution in [0.4, 0.5) is 11.4 Å². The van der Waals surface area contributed by atoms with E-state index in [1.54, 1.807) is 18.2 Å². The molecule has 2 aromatic rings. The van der Waals surface area contributed by atoms with Crippen molar-refractivity contribution in [3.63, 3.8) is 0 Å². The van der Waals surface area contributed by atoms with Gasteiger partial charge in [-0.1, -0.05) is 29.8 Å². The highest BCUT2D eigenvalue weighted by Gasteiger charge is 2.13. The molecular formula is C15H15ClN2O. The number of nitrogens with two attached hydrogens (primary N) is 1. The smallest absolute Gasteiger partial charge is 0.256 e. The molecule has 0 saturated heterocycles. The van der Waals surface area contributed by atoms with Crippen molar-refractivity contribution < 1.29 is 4.79 Å². The third-order valence-corrected chi connectivity index (χ3v) is 3.21. The maximum Gasteiger partial charge on any atom is 0.256 e. The lowest BCUT2D eigenvalue weighted by atomic mass is 10.0. The Labute approximate surface area is 117 Å². The molecule has 4 heteroatoms. The zero-order valence-electron chi connectivity index (χ0n) is 10.8. The van der Waals surface area contributed by atoms with E-state index in [1.807, 2.05) is 32.0 Å². The van der Waals surface area contributed by atoms with Gasteiger partial charge < -0.3 is 11.1 Å². The Hall–Kier alpha value is -2.00. The summed E-state index contributed by atoms with van der Waals surface area (Å²) < 4.78 is 0. The van der Waals surface area contributed by atoms with Gasteiger partial charge in [0.2, 0.25) is 0 Å². The lowest BCUT2D eigenvalue weighted by molar-refractivity contribution is 0.102. The summed E-state index contributed by atoms with van der Waals surface area (Å²) in [5, 5.41) is 3.36. The van der Waals surface area contributed by atoms with E-state index in [2.05, 4.69) is 5.32 Å². The molecule has 0 aromatic heterocycles. The lowest BCUT2D eigenvalue weighted by Crippen LogP contribution is -2.15. The largest absolute Gasteiger partial charge is 0.397 e. The van der Waals surface area contributed by atoms with Gasteiger partial charge in [0.15, 0.2) is 0 Å². The van der Waals surface area contributed by atoms with E-state index < -0.39 is 0 Å². The van der Waals surface area contributed by atoms with Gasteiger partial charge in [-0.2, -0.15) is 0 Å². The molecule has 0 heterocycles. The maximum absolute atomic E-state index is 12.3. The summed E-state index contributed by atoms with van der Waals surface area (Å²) in [5.41, 5.74) is 9.39. The van der Waals surface area contributed by atoms with E-state index >= 15 is 0 Å². The second-order valence-corrected chi connectivity index (χ2v) is 4.89. The molecule has 0 spiro atoms. The predicted molar refractivity (Wildman–Crippen MR) is 79.7 cm³/mol. The molecule has 1 amide bonds. The van der Waals surface area contributed by atoms with Crippen LogP contribution in [0, 0.1) is 13.8 Å². The Morgan fingerprint density at radius 2 is 1.79 bits per heavy atom. The van der Waals surface area contributed by atoms with Crippen LogP contribution < -0.4 is 11.1 Å². The van der Waals surface area contributed by atoms with Gasteiger partial charge >= 0.3 is 0 Å². The zero-order chi connectivity index (χ0) is 14.0. The Morgan fingerprint density at radius 1 is 1.16 bits per heavy atom. The van der Waals surface area contributed by atoms with E-state index in [1.165, 1.54) is 0 Å². The van der Waals surface area contributed by atoms with E-state index in [0.717, 1.165) is 11.1 Å². The number of anilines is 2. The SMILES string of the molecule is Cc1cccc(C)c1C(=O)Nc1ccc(Cl)cc1N. The van der Waals surface area contributed by atoms with Crippen molar-refractivity contribution in [3.05, 3.63) is 58.1 Å². The first-order chi connectivity index (χ1) is 8.99. The van der Waals surface area contributed by atoms with Gasteiger partial charge in [-0.25, -0.2) is 0 Å². The van der Waals surface area contributed by atoms with Crippen LogP contribution in [-0.2, 0) is 0 Å². The summed E-state index contributed by atoms with van der Waals surface area (Å²) in [6.07, 6.45) is 0. The number of carbonyl (C=O) groups is 1.